The average Bonchev–Trinajstić information content (AvgIpc) is 2.79. The summed E-state index contributed by atoms with van der Waals surface area (Å²) >= 11 is 0. The van der Waals surface area contributed by atoms with Crippen molar-refractivity contribution >= 4 is 17.5 Å². The van der Waals surface area contributed by atoms with Crippen molar-refractivity contribution in [2.75, 3.05) is 11.5 Å². The molecule has 0 spiro atoms. The molecule has 5 heteroatoms. The van der Waals surface area contributed by atoms with Gasteiger partial charge in [-0.3, -0.25) is 9.59 Å². The predicted molar refractivity (Wildman–Crippen MR) is 84.8 cm³/mol. The van der Waals surface area contributed by atoms with Crippen LogP contribution in [-0.2, 0) is 9.59 Å². The van der Waals surface area contributed by atoms with Gasteiger partial charge in [-0.05, 0) is 44.2 Å². The second-order valence-electron chi connectivity index (χ2n) is 5.78. The monoisotopic (exact) mass is 315 g/mol. The van der Waals surface area contributed by atoms with Crippen molar-refractivity contribution < 1.29 is 18.7 Å². The SMILES string of the molecule is C=CCOc1cc(N2C(=O)C3=C(CCCC3)C2=O)c(F)cc1C. The second kappa shape index (κ2) is 5.99. The molecule has 0 saturated heterocycles. The van der Waals surface area contributed by atoms with Crippen LogP contribution in [0.2, 0.25) is 0 Å². The van der Waals surface area contributed by atoms with Crippen molar-refractivity contribution in [2.45, 2.75) is 32.6 Å². The zero-order chi connectivity index (χ0) is 16.6. The van der Waals surface area contributed by atoms with Crippen LogP contribution in [0.1, 0.15) is 31.2 Å². The third kappa shape index (κ3) is 2.56. The number of halogens is 1. The van der Waals surface area contributed by atoms with Crippen molar-refractivity contribution in [1.82, 2.24) is 0 Å². The predicted octanol–water partition coefficient (Wildman–Crippen LogP) is 3.44. The summed E-state index contributed by atoms with van der Waals surface area (Å²) in [6.45, 7) is 5.55. The maximum Gasteiger partial charge on any atom is 0.261 e. The van der Waals surface area contributed by atoms with Gasteiger partial charge in [-0.25, -0.2) is 9.29 Å². The van der Waals surface area contributed by atoms with Gasteiger partial charge in [0.25, 0.3) is 11.8 Å². The minimum atomic E-state index is -0.602. The molecule has 0 unspecified atom stereocenters. The maximum atomic E-state index is 14.4. The molecule has 2 amide bonds. The van der Waals surface area contributed by atoms with Crippen LogP contribution < -0.4 is 9.64 Å². The molecular formula is C18H18FNO3. The summed E-state index contributed by atoms with van der Waals surface area (Å²) in [4.78, 5) is 26.0. The lowest BCUT2D eigenvalue weighted by molar-refractivity contribution is -0.120. The fraction of sp³-hybridized carbons (Fsp3) is 0.333. The van der Waals surface area contributed by atoms with E-state index in [1.807, 2.05) is 0 Å². The number of nitrogens with zero attached hydrogens (tertiary/aromatic N) is 1. The van der Waals surface area contributed by atoms with E-state index in [2.05, 4.69) is 6.58 Å². The van der Waals surface area contributed by atoms with Crippen LogP contribution >= 0.6 is 0 Å². The molecule has 1 heterocycles. The van der Waals surface area contributed by atoms with E-state index in [-0.39, 0.29) is 12.3 Å². The Morgan fingerprint density at radius 1 is 1.22 bits per heavy atom. The summed E-state index contributed by atoms with van der Waals surface area (Å²) in [6, 6.07) is 2.70. The molecule has 1 aromatic carbocycles. The van der Waals surface area contributed by atoms with E-state index in [1.165, 1.54) is 12.1 Å². The van der Waals surface area contributed by atoms with Crippen LogP contribution in [0.25, 0.3) is 0 Å². The number of benzene rings is 1. The Kier molecular flexibility index (Phi) is 4.03. The molecule has 1 aliphatic carbocycles. The number of hydrogen-bond donors (Lipinski definition) is 0. The molecule has 1 aliphatic heterocycles. The number of aryl methyl sites for hydroxylation is 1. The number of rotatable bonds is 4. The molecule has 120 valence electrons. The molecule has 0 N–H and O–H groups in total. The largest absolute Gasteiger partial charge is 0.489 e. The Morgan fingerprint density at radius 2 is 1.83 bits per heavy atom. The van der Waals surface area contributed by atoms with E-state index in [0.717, 1.165) is 17.7 Å². The van der Waals surface area contributed by atoms with Crippen LogP contribution in [0.15, 0.2) is 35.9 Å². The zero-order valence-electron chi connectivity index (χ0n) is 13.0. The third-order valence-electron chi connectivity index (χ3n) is 4.23. The fourth-order valence-corrected chi connectivity index (χ4v) is 3.08. The lowest BCUT2D eigenvalue weighted by Crippen LogP contribution is -2.32. The van der Waals surface area contributed by atoms with Crippen LogP contribution in [0, 0.1) is 12.7 Å². The average molecular weight is 315 g/mol. The first kappa shape index (κ1) is 15.5. The highest BCUT2D eigenvalue weighted by Crippen LogP contribution is 2.38. The molecular weight excluding hydrogens is 297 g/mol. The standard InChI is InChI=1S/C18H18FNO3/c1-3-8-23-16-10-15(14(19)9-11(16)2)20-17(21)12-6-4-5-7-13(12)18(20)22/h3,9-10H,1,4-8H2,2H3. The van der Waals surface area contributed by atoms with Gasteiger partial charge < -0.3 is 4.74 Å². The summed E-state index contributed by atoms with van der Waals surface area (Å²) in [5, 5.41) is 0. The molecule has 0 aromatic heterocycles. The van der Waals surface area contributed by atoms with Gasteiger partial charge in [0.2, 0.25) is 0 Å². The van der Waals surface area contributed by atoms with Gasteiger partial charge in [-0.2, -0.15) is 0 Å². The first-order chi connectivity index (χ1) is 11.0. The van der Waals surface area contributed by atoms with Crippen LogP contribution in [0.3, 0.4) is 0 Å². The van der Waals surface area contributed by atoms with Gasteiger partial charge in [0.1, 0.15) is 18.2 Å². The first-order valence-electron chi connectivity index (χ1n) is 7.69. The summed E-state index contributed by atoms with van der Waals surface area (Å²) < 4.78 is 19.9. The molecule has 0 fully saturated rings. The molecule has 2 aliphatic rings. The number of imide groups is 1. The molecule has 0 saturated carbocycles. The summed E-state index contributed by atoms with van der Waals surface area (Å²) in [5.41, 5.74) is 1.63. The summed E-state index contributed by atoms with van der Waals surface area (Å²) in [6.07, 6.45) is 4.52. The van der Waals surface area contributed by atoms with Gasteiger partial charge in [-0.15, -0.1) is 0 Å². The Morgan fingerprint density at radius 3 is 2.39 bits per heavy atom. The molecule has 3 rings (SSSR count). The zero-order valence-corrected chi connectivity index (χ0v) is 13.0. The minimum absolute atomic E-state index is 0.0425. The highest BCUT2D eigenvalue weighted by molar-refractivity contribution is 6.33. The van der Waals surface area contributed by atoms with E-state index in [0.29, 0.717) is 35.3 Å². The van der Waals surface area contributed by atoms with Crippen molar-refractivity contribution in [3.8, 4) is 5.75 Å². The molecule has 1 aromatic rings. The Labute approximate surface area is 134 Å². The minimum Gasteiger partial charge on any atom is -0.489 e. The van der Waals surface area contributed by atoms with Crippen LogP contribution in [0.4, 0.5) is 10.1 Å². The number of carbonyl (C=O) groups excluding carboxylic acids is 2. The number of amides is 2. The quantitative estimate of drug-likeness (QED) is 0.631. The number of anilines is 1. The first-order valence-corrected chi connectivity index (χ1v) is 7.69. The molecule has 0 radical (unpaired) electrons. The number of carbonyl (C=O) groups is 2. The lowest BCUT2D eigenvalue weighted by Gasteiger charge is -2.18. The van der Waals surface area contributed by atoms with E-state index >= 15 is 0 Å². The van der Waals surface area contributed by atoms with Crippen molar-refractivity contribution in [2.24, 2.45) is 0 Å². The number of hydrogen-bond acceptors (Lipinski definition) is 3. The molecule has 0 atom stereocenters. The Bertz CT molecular complexity index is 708. The molecule has 4 nitrogen and oxygen atoms in total. The Hall–Kier alpha value is -2.43. The highest BCUT2D eigenvalue weighted by Gasteiger charge is 2.40. The summed E-state index contributed by atoms with van der Waals surface area (Å²) in [7, 11) is 0. The van der Waals surface area contributed by atoms with Crippen molar-refractivity contribution in [3.63, 3.8) is 0 Å². The highest BCUT2D eigenvalue weighted by atomic mass is 19.1. The maximum absolute atomic E-state index is 14.4. The van der Waals surface area contributed by atoms with E-state index in [1.54, 1.807) is 13.0 Å². The summed E-state index contributed by atoms with van der Waals surface area (Å²) in [5.74, 6) is -0.967. The van der Waals surface area contributed by atoms with E-state index < -0.39 is 17.6 Å². The van der Waals surface area contributed by atoms with Gasteiger partial charge in [0.05, 0.1) is 5.69 Å². The van der Waals surface area contributed by atoms with Crippen molar-refractivity contribution in [3.05, 3.63) is 47.3 Å². The molecule has 23 heavy (non-hydrogen) atoms. The normalized spacial score (nSPS) is 17.6. The van der Waals surface area contributed by atoms with Crippen molar-refractivity contribution in [1.29, 1.82) is 0 Å². The van der Waals surface area contributed by atoms with E-state index in [9.17, 15) is 14.0 Å². The fourth-order valence-electron chi connectivity index (χ4n) is 3.08. The van der Waals surface area contributed by atoms with Crippen LogP contribution in [-0.4, -0.2) is 18.4 Å². The van der Waals surface area contributed by atoms with E-state index in [4.69, 9.17) is 4.74 Å². The smallest absolute Gasteiger partial charge is 0.261 e. The van der Waals surface area contributed by atoms with Crippen LogP contribution in [0.5, 0.6) is 5.75 Å². The second-order valence-corrected chi connectivity index (χ2v) is 5.78. The van der Waals surface area contributed by atoms with Gasteiger partial charge >= 0.3 is 0 Å². The van der Waals surface area contributed by atoms with Gasteiger partial charge in [0.15, 0.2) is 0 Å². The van der Waals surface area contributed by atoms with Gasteiger partial charge in [-0.1, -0.05) is 12.7 Å². The van der Waals surface area contributed by atoms with Gasteiger partial charge in [0, 0.05) is 17.2 Å². The number of ether oxygens (including phenoxy) is 1. The topological polar surface area (TPSA) is 46.6 Å². The third-order valence-corrected chi connectivity index (χ3v) is 4.23. The molecule has 0 bridgehead atoms. The Balaban J connectivity index is 2.00. The lowest BCUT2D eigenvalue weighted by atomic mass is 9.93.